The number of nitrogens with one attached hydrogen (secondary N) is 2. The predicted molar refractivity (Wildman–Crippen MR) is 80.9 cm³/mol. The van der Waals surface area contributed by atoms with Gasteiger partial charge in [0.15, 0.2) is 0 Å². The van der Waals surface area contributed by atoms with Crippen molar-refractivity contribution in [3.8, 4) is 0 Å². The molecule has 1 aromatic heterocycles. The molecule has 5 heteroatoms. The maximum Gasteiger partial charge on any atom is 0.255 e. The van der Waals surface area contributed by atoms with Crippen LogP contribution in [0.1, 0.15) is 10.4 Å². The summed E-state index contributed by atoms with van der Waals surface area (Å²) >= 11 is 2.19. The molecule has 0 unspecified atom stereocenters. The van der Waals surface area contributed by atoms with Gasteiger partial charge in [0.05, 0.1) is 5.69 Å². The number of hydrogen-bond acceptors (Lipinski definition) is 3. The smallest absolute Gasteiger partial charge is 0.255 e. The van der Waals surface area contributed by atoms with Crippen molar-refractivity contribution in [2.24, 2.45) is 0 Å². The third-order valence-corrected chi connectivity index (χ3v) is 3.34. The lowest BCUT2D eigenvalue weighted by molar-refractivity contribution is 0.102. The van der Waals surface area contributed by atoms with Gasteiger partial charge in [-0.1, -0.05) is 12.1 Å². The largest absolute Gasteiger partial charge is 0.373 e. The fourth-order valence-corrected chi connectivity index (χ4v) is 1.99. The van der Waals surface area contributed by atoms with Crippen molar-refractivity contribution in [3.05, 3.63) is 51.7 Å². The molecule has 18 heavy (non-hydrogen) atoms. The second-order valence-corrected chi connectivity index (χ2v) is 4.78. The fraction of sp³-hybridized carbons (Fsp3) is 0.0769. The van der Waals surface area contributed by atoms with Gasteiger partial charge in [-0.15, -0.1) is 0 Å². The molecule has 2 rings (SSSR count). The Hall–Kier alpha value is -1.63. The van der Waals surface area contributed by atoms with Crippen molar-refractivity contribution in [2.75, 3.05) is 17.7 Å². The number of amides is 1. The lowest BCUT2D eigenvalue weighted by atomic mass is 10.2. The second kappa shape index (κ2) is 5.81. The summed E-state index contributed by atoms with van der Waals surface area (Å²) < 4.78 is 1.01. The van der Waals surface area contributed by atoms with Gasteiger partial charge < -0.3 is 10.6 Å². The molecule has 0 bridgehead atoms. The molecule has 0 aliphatic rings. The molecule has 0 radical (unpaired) electrons. The van der Waals surface area contributed by atoms with Crippen LogP contribution in [0.5, 0.6) is 0 Å². The summed E-state index contributed by atoms with van der Waals surface area (Å²) in [6, 6.07) is 11.0. The van der Waals surface area contributed by atoms with Gasteiger partial charge in [0, 0.05) is 22.4 Å². The average molecular weight is 353 g/mol. The van der Waals surface area contributed by atoms with E-state index in [2.05, 4.69) is 38.2 Å². The van der Waals surface area contributed by atoms with Crippen molar-refractivity contribution in [1.82, 2.24) is 4.98 Å². The fourth-order valence-electron chi connectivity index (χ4n) is 1.47. The van der Waals surface area contributed by atoms with Crippen molar-refractivity contribution in [2.45, 2.75) is 0 Å². The topological polar surface area (TPSA) is 54.0 Å². The SMILES string of the molecule is CNc1cc(C(=O)Nc2ccccc2I)ccn1. The number of carbonyl (C=O) groups is 1. The molecule has 0 saturated carbocycles. The van der Waals surface area contributed by atoms with E-state index in [-0.39, 0.29) is 5.91 Å². The zero-order chi connectivity index (χ0) is 13.0. The highest BCUT2D eigenvalue weighted by atomic mass is 127. The van der Waals surface area contributed by atoms with Crippen LogP contribution >= 0.6 is 22.6 Å². The Kier molecular flexibility index (Phi) is 4.14. The second-order valence-electron chi connectivity index (χ2n) is 3.61. The molecular formula is C13H12IN3O. The Balaban J connectivity index is 2.19. The lowest BCUT2D eigenvalue weighted by Gasteiger charge is -2.07. The summed E-state index contributed by atoms with van der Waals surface area (Å²) in [4.78, 5) is 16.1. The Labute approximate surface area is 119 Å². The molecule has 1 aromatic carbocycles. The summed E-state index contributed by atoms with van der Waals surface area (Å²) in [6.45, 7) is 0. The quantitative estimate of drug-likeness (QED) is 0.835. The number of hydrogen-bond donors (Lipinski definition) is 2. The summed E-state index contributed by atoms with van der Waals surface area (Å²) in [5.74, 6) is 0.531. The number of anilines is 2. The van der Waals surface area contributed by atoms with E-state index >= 15 is 0 Å². The molecule has 2 N–H and O–H groups in total. The predicted octanol–water partition coefficient (Wildman–Crippen LogP) is 2.98. The highest BCUT2D eigenvalue weighted by Gasteiger charge is 2.08. The van der Waals surface area contributed by atoms with E-state index in [0.717, 1.165) is 9.26 Å². The number of para-hydroxylation sites is 1. The highest BCUT2D eigenvalue weighted by molar-refractivity contribution is 14.1. The maximum atomic E-state index is 12.1. The van der Waals surface area contributed by atoms with E-state index in [1.54, 1.807) is 25.4 Å². The minimum atomic E-state index is -0.141. The summed E-state index contributed by atoms with van der Waals surface area (Å²) in [6.07, 6.45) is 1.61. The van der Waals surface area contributed by atoms with Crippen molar-refractivity contribution in [1.29, 1.82) is 0 Å². The van der Waals surface area contributed by atoms with Crippen LogP contribution < -0.4 is 10.6 Å². The van der Waals surface area contributed by atoms with Gasteiger partial charge in [-0.05, 0) is 46.9 Å². The maximum absolute atomic E-state index is 12.1. The Morgan fingerprint density at radius 2 is 2.06 bits per heavy atom. The standard InChI is InChI=1S/C13H12IN3O/c1-15-12-8-9(6-7-16-12)13(18)17-11-5-3-2-4-10(11)14/h2-8H,1H3,(H,15,16)(H,17,18). The first kappa shape index (κ1) is 12.8. The van der Waals surface area contributed by atoms with Crippen LogP contribution in [0, 0.1) is 3.57 Å². The van der Waals surface area contributed by atoms with Gasteiger partial charge in [-0.25, -0.2) is 4.98 Å². The molecule has 0 saturated heterocycles. The minimum Gasteiger partial charge on any atom is -0.373 e. The highest BCUT2D eigenvalue weighted by Crippen LogP contribution is 2.18. The molecule has 0 aliphatic heterocycles. The van der Waals surface area contributed by atoms with E-state index in [1.807, 2.05) is 24.3 Å². The van der Waals surface area contributed by atoms with Crippen LogP contribution in [0.15, 0.2) is 42.6 Å². The van der Waals surface area contributed by atoms with E-state index in [9.17, 15) is 4.79 Å². The van der Waals surface area contributed by atoms with E-state index in [1.165, 1.54) is 0 Å². The molecule has 4 nitrogen and oxygen atoms in total. The summed E-state index contributed by atoms with van der Waals surface area (Å²) in [7, 11) is 1.77. The minimum absolute atomic E-state index is 0.141. The zero-order valence-corrected chi connectivity index (χ0v) is 11.9. The van der Waals surface area contributed by atoms with Crippen molar-refractivity contribution in [3.63, 3.8) is 0 Å². The number of nitrogens with zero attached hydrogens (tertiary/aromatic N) is 1. The third kappa shape index (κ3) is 2.98. The molecule has 0 aliphatic carbocycles. The molecule has 2 aromatic rings. The summed E-state index contributed by atoms with van der Waals surface area (Å²) in [5.41, 5.74) is 1.39. The number of halogens is 1. The lowest BCUT2D eigenvalue weighted by Crippen LogP contribution is -2.13. The first-order valence-electron chi connectivity index (χ1n) is 5.40. The Morgan fingerprint density at radius 3 is 2.78 bits per heavy atom. The van der Waals surface area contributed by atoms with Crippen LogP contribution in [-0.2, 0) is 0 Å². The average Bonchev–Trinajstić information content (AvgIpc) is 2.41. The van der Waals surface area contributed by atoms with E-state index < -0.39 is 0 Å². The number of pyridine rings is 1. The molecule has 0 spiro atoms. The third-order valence-electron chi connectivity index (χ3n) is 2.40. The number of rotatable bonds is 3. The van der Waals surface area contributed by atoms with Gasteiger partial charge in [-0.3, -0.25) is 4.79 Å². The molecule has 1 amide bonds. The van der Waals surface area contributed by atoms with Gasteiger partial charge >= 0.3 is 0 Å². The summed E-state index contributed by atoms with van der Waals surface area (Å²) in [5, 5.41) is 5.78. The number of carbonyl (C=O) groups excluding carboxylic acids is 1. The van der Waals surface area contributed by atoms with Gasteiger partial charge in [-0.2, -0.15) is 0 Å². The van der Waals surface area contributed by atoms with Gasteiger partial charge in [0.25, 0.3) is 5.91 Å². The molecule has 92 valence electrons. The normalized spacial score (nSPS) is 9.89. The zero-order valence-electron chi connectivity index (χ0n) is 9.77. The van der Waals surface area contributed by atoms with Crippen LogP contribution in [0.2, 0.25) is 0 Å². The monoisotopic (exact) mass is 353 g/mol. The molecular weight excluding hydrogens is 341 g/mol. The van der Waals surface area contributed by atoms with Crippen molar-refractivity contribution < 1.29 is 4.79 Å². The van der Waals surface area contributed by atoms with E-state index in [4.69, 9.17) is 0 Å². The Morgan fingerprint density at radius 1 is 1.28 bits per heavy atom. The molecule has 0 fully saturated rings. The van der Waals surface area contributed by atoms with Gasteiger partial charge in [0.1, 0.15) is 5.82 Å². The van der Waals surface area contributed by atoms with E-state index in [0.29, 0.717) is 11.4 Å². The molecule has 1 heterocycles. The van der Waals surface area contributed by atoms with Crippen molar-refractivity contribution >= 4 is 40.0 Å². The first-order chi connectivity index (χ1) is 8.70. The van der Waals surface area contributed by atoms with Crippen LogP contribution in [0.3, 0.4) is 0 Å². The Bertz CT molecular complexity index is 572. The van der Waals surface area contributed by atoms with Crippen LogP contribution in [0.25, 0.3) is 0 Å². The number of aromatic nitrogens is 1. The van der Waals surface area contributed by atoms with Crippen LogP contribution in [-0.4, -0.2) is 17.9 Å². The van der Waals surface area contributed by atoms with Gasteiger partial charge in [0.2, 0.25) is 0 Å². The number of benzene rings is 1. The molecule has 0 atom stereocenters. The van der Waals surface area contributed by atoms with Crippen LogP contribution in [0.4, 0.5) is 11.5 Å². The first-order valence-corrected chi connectivity index (χ1v) is 6.48.